The summed E-state index contributed by atoms with van der Waals surface area (Å²) in [7, 11) is 0.301. The summed E-state index contributed by atoms with van der Waals surface area (Å²) in [6.07, 6.45) is 1.60. The number of likely N-dealkylation sites (N-methyl/N-ethyl adjacent to an activating group) is 1. The van der Waals surface area contributed by atoms with Crippen LogP contribution in [-0.4, -0.2) is 45.5 Å². The van der Waals surface area contributed by atoms with Crippen molar-refractivity contribution in [3.63, 3.8) is 0 Å². The van der Waals surface area contributed by atoms with E-state index < -0.39 is 10.0 Å². The van der Waals surface area contributed by atoms with Gasteiger partial charge in [-0.15, -0.1) is 0 Å². The van der Waals surface area contributed by atoms with Gasteiger partial charge in [-0.3, -0.25) is 4.72 Å². The molecule has 0 unspecified atom stereocenters. The van der Waals surface area contributed by atoms with E-state index >= 15 is 0 Å². The Kier molecular flexibility index (Phi) is 6.04. The van der Waals surface area contributed by atoms with Crippen molar-refractivity contribution in [3.8, 4) is 0 Å². The fourth-order valence-corrected chi connectivity index (χ4v) is 3.17. The fourth-order valence-electron chi connectivity index (χ4n) is 1.96. The molecular weight excluding hydrogens is 348 g/mol. The number of halogens is 1. The van der Waals surface area contributed by atoms with E-state index in [1.54, 1.807) is 31.3 Å². The molecule has 2 N–H and O–H groups in total. The van der Waals surface area contributed by atoms with E-state index in [1.165, 1.54) is 12.1 Å². The maximum atomic E-state index is 12.4. The van der Waals surface area contributed by atoms with Crippen LogP contribution in [0.1, 0.15) is 5.56 Å². The van der Waals surface area contributed by atoms with E-state index in [1.807, 2.05) is 14.1 Å². The van der Waals surface area contributed by atoms with Crippen LogP contribution in [0.3, 0.4) is 0 Å². The van der Waals surface area contributed by atoms with Crippen LogP contribution in [-0.2, 0) is 10.0 Å². The number of aryl methyl sites for hydroxylation is 1. The largest absolute Gasteiger partial charge is 0.383 e. The van der Waals surface area contributed by atoms with Gasteiger partial charge in [-0.05, 0) is 56.9 Å². The van der Waals surface area contributed by atoms with E-state index in [0.29, 0.717) is 10.6 Å². The van der Waals surface area contributed by atoms with Crippen LogP contribution < -0.4 is 10.0 Å². The molecule has 2 rings (SSSR count). The number of sulfonamides is 1. The fraction of sp³-hybridized carbons (Fsp3) is 0.312. The molecule has 0 saturated carbocycles. The number of rotatable bonds is 7. The highest BCUT2D eigenvalue weighted by Gasteiger charge is 2.15. The van der Waals surface area contributed by atoms with Crippen LogP contribution in [0.15, 0.2) is 41.4 Å². The van der Waals surface area contributed by atoms with Crippen LogP contribution in [0.4, 0.5) is 11.5 Å². The Morgan fingerprint density at radius 3 is 2.54 bits per heavy atom. The summed E-state index contributed by atoms with van der Waals surface area (Å²) in [5, 5.41) is 3.74. The van der Waals surface area contributed by atoms with Crippen LogP contribution in [0.5, 0.6) is 0 Å². The maximum Gasteiger partial charge on any atom is 0.263 e. The molecule has 0 aliphatic carbocycles. The third-order valence-corrected chi connectivity index (χ3v) is 5.11. The monoisotopic (exact) mass is 368 g/mol. The highest BCUT2D eigenvalue weighted by molar-refractivity contribution is 7.92. The molecule has 1 aromatic carbocycles. The normalized spacial score (nSPS) is 11.5. The zero-order valence-electron chi connectivity index (χ0n) is 13.9. The highest BCUT2D eigenvalue weighted by Crippen LogP contribution is 2.21. The molecule has 0 fully saturated rings. The third kappa shape index (κ3) is 5.09. The van der Waals surface area contributed by atoms with Gasteiger partial charge in [-0.1, -0.05) is 11.6 Å². The summed E-state index contributed by atoms with van der Waals surface area (Å²) in [5.74, 6) is 0.265. The Morgan fingerprint density at radius 1 is 1.21 bits per heavy atom. The van der Waals surface area contributed by atoms with Gasteiger partial charge in [0.15, 0.2) is 0 Å². The van der Waals surface area contributed by atoms with Crippen molar-refractivity contribution in [3.05, 3.63) is 47.1 Å². The SMILES string of the molecule is Cc1cc(S(=O)(=O)Nc2ccc(NCCN(C)C)cn2)ccc1Cl. The second kappa shape index (κ2) is 7.83. The Balaban J connectivity index is 2.05. The molecular formula is C16H21ClN4O2S. The number of benzene rings is 1. The van der Waals surface area contributed by atoms with E-state index in [0.717, 1.165) is 18.8 Å². The standard InChI is InChI=1S/C16H21ClN4O2S/c1-12-10-14(5-6-15(12)17)24(22,23)20-16-7-4-13(11-19-16)18-8-9-21(2)3/h4-7,10-11,18H,8-9H2,1-3H3,(H,19,20). The topological polar surface area (TPSA) is 74.3 Å². The lowest BCUT2D eigenvalue weighted by atomic mass is 10.2. The van der Waals surface area contributed by atoms with Gasteiger partial charge in [0.1, 0.15) is 5.82 Å². The molecule has 0 spiro atoms. The minimum atomic E-state index is -3.69. The summed E-state index contributed by atoms with van der Waals surface area (Å²) in [6.45, 7) is 3.43. The molecule has 0 bridgehead atoms. The molecule has 0 radical (unpaired) electrons. The van der Waals surface area contributed by atoms with Crippen molar-refractivity contribution in [2.24, 2.45) is 0 Å². The second-order valence-corrected chi connectivity index (χ2v) is 7.77. The molecule has 24 heavy (non-hydrogen) atoms. The van der Waals surface area contributed by atoms with Gasteiger partial charge in [-0.25, -0.2) is 13.4 Å². The van der Waals surface area contributed by atoms with E-state index in [4.69, 9.17) is 11.6 Å². The number of nitrogens with one attached hydrogen (secondary N) is 2. The quantitative estimate of drug-likeness (QED) is 0.786. The molecule has 1 aromatic heterocycles. The number of nitrogens with zero attached hydrogens (tertiary/aromatic N) is 2. The summed E-state index contributed by atoms with van der Waals surface area (Å²) in [4.78, 5) is 6.35. The lowest BCUT2D eigenvalue weighted by molar-refractivity contribution is 0.425. The minimum absolute atomic E-state index is 0.152. The maximum absolute atomic E-state index is 12.4. The Labute approximate surface area is 147 Å². The lowest BCUT2D eigenvalue weighted by Crippen LogP contribution is -2.20. The molecule has 0 aliphatic rings. The van der Waals surface area contributed by atoms with Crippen molar-refractivity contribution in [2.75, 3.05) is 37.2 Å². The van der Waals surface area contributed by atoms with Crippen molar-refractivity contribution in [2.45, 2.75) is 11.8 Å². The number of aromatic nitrogens is 1. The van der Waals surface area contributed by atoms with Gasteiger partial charge < -0.3 is 10.2 Å². The average Bonchev–Trinajstić information content (AvgIpc) is 2.51. The minimum Gasteiger partial charge on any atom is -0.383 e. The number of pyridine rings is 1. The molecule has 0 amide bonds. The summed E-state index contributed by atoms with van der Waals surface area (Å²) in [5.41, 5.74) is 1.54. The molecule has 0 saturated heterocycles. The Hall–Kier alpha value is -1.83. The van der Waals surface area contributed by atoms with E-state index in [9.17, 15) is 8.42 Å². The third-order valence-electron chi connectivity index (χ3n) is 3.33. The van der Waals surface area contributed by atoms with Gasteiger partial charge in [0, 0.05) is 18.1 Å². The first kappa shape index (κ1) is 18.5. The first-order valence-corrected chi connectivity index (χ1v) is 9.28. The van der Waals surface area contributed by atoms with Gasteiger partial charge in [0.25, 0.3) is 10.0 Å². The Morgan fingerprint density at radius 2 is 1.96 bits per heavy atom. The van der Waals surface area contributed by atoms with Gasteiger partial charge in [0.2, 0.25) is 0 Å². The zero-order chi connectivity index (χ0) is 17.7. The molecule has 2 aromatic rings. The predicted molar refractivity (Wildman–Crippen MR) is 98.3 cm³/mol. The first-order chi connectivity index (χ1) is 11.3. The van der Waals surface area contributed by atoms with Crippen molar-refractivity contribution >= 4 is 33.1 Å². The second-order valence-electron chi connectivity index (χ2n) is 5.68. The van der Waals surface area contributed by atoms with Crippen LogP contribution in [0.2, 0.25) is 5.02 Å². The van der Waals surface area contributed by atoms with Crippen LogP contribution >= 0.6 is 11.6 Å². The van der Waals surface area contributed by atoms with Crippen molar-refractivity contribution in [1.29, 1.82) is 0 Å². The van der Waals surface area contributed by atoms with Crippen molar-refractivity contribution in [1.82, 2.24) is 9.88 Å². The van der Waals surface area contributed by atoms with Crippen LogP contribution in [0.25, 0.3) is 0 Å². The highest BCUT2D eigenvalue weighted by atomic mass is 35.5. The molecule has 130 valence electrons. The summed E-state index contributed by atoms with van der Waals surface area (Å²) < 4.78 is 27.2. The zero-order valence-corrected chi connectivity index (χ0v) is 15.4. The van der Waals surface area contributed by atoms with Gasteiger partial charge in [0.05, 0.1) is 16.8 Å². The number of hydrogen-bond donors (Lipinski definition) is 2. The van der Waals surface area contributed by atoms with Gasteiger partial charge >= 0.3 is 0 Å². The molecule has 8 heteroatoms. The average molecular weight is 369 g/mol. The molecule has 1 heterocycles. The van der Waals surface area contributed by atoms with E-state index in [-0.39, 0.29) is 10.7 Å². The first-order valence-electron chi connectivity index (χ1n) is 7.41. The summed E-state index contributed by atoms with van der Waals surface area (Å²) in [6, 6.07) is 7.97. The van der Waals surface area contributed by atoms with Crippen LogP contribution in [0, 0.1) is 6.92 Å². The van der Waals surface area contributed by atoms with Gasteiger partial charge in [-0.2, -0.15) is 0 Å². The number of hydrogen-bond acceptors (Lipinski definition) is 5. The lowest BCUT2D eigenvalue weighted by Gasteiger charge is -2.12. The smallest absolute Gasteiger partial charge is 0.263 e. The predicted octanol–water partition coefficient (Wildman–Crippen LogP) is 2.82. The molecule has 0 atom stereocenters. The number of anilines is 2. The van der Waals surface area contributed by atoms with E-state index in [2.05, 4.69) is 19.9 Å². The molecule has 0 aliphatic heterocycles. The Bertz CT molecular complexity index is 792. The summed E-state index contributed by atoms with van der Waals surface area (Å²) >= 11 is 5.93. The van der Waals surface area contributed by atoms with Crippen molar-refractivity contribution < 1.29 is 8.42 Å². The molecule has 6 nitrogen and oxygen atoms in total.